The van der Waals surface area contributed by atoms with Gasteiger partial charge in [-0.3, -0.25) is 14.5 Å². The summed E-state index contributed by atoms with van der Waals surface area (Å²) in [7, 11) is 0. The van der Waals surface area contributed by atoms with Crippen molar-refractivity contribution in [2.24, 2.45) is 5.41 Å². The smallest absolute Gasteiger partial charge is 0.178 e. The van der Waals surface area contributed by atoms with E-state index in [-0.39, 0.29) is 30.4 Å². The normalized spacial score (nSPS) is 19.5. The van der Waals surface area contributed by atoms with Crippen LogP contribution in [0.5, 0.6) is 0 Å². The van der Waals surface area contributed by atoms with E-state index in [4.69, 9.17) is 4.74 Å². The Labute approximate surface area is 142 Å². The van der Waals surface area contributed by atoms with Crippen LogP contribution in [0.4, 0.5) is 0 Å². The average molecular weight is 334 g/mol. The van der Waals surface area contributed by atoms with E-state index in [1.54, 1.807) is 31.2 Å². The van der Waals surface area contributed by atoms with Crippen LogP contribution < -0.4 is 0 Å². The fourth-order valence-corrected chi connectivity index (χ4v) is 2.90. The molecule has 1 aromatic carbocycles. The monoisotopic (exact) mass is 333 g/mol. The lowest BCUT2D eigenvalue weighted by Gasteiger charge is -2.24. The molecule has 1 aliphatic carbocycles. The first kappa shape index (κ1) is 17.7. The fourth-order valence-electron chi connectivity index (χ4n) is 2.90. The van der Waals surface area contributed by atoms with Crippen molar-refractivity contribution >= 4 is 24.0 Å². The third kappa shape index (κ3) is 3.32. The molecule has 122 valence electrons. The van der Waals surface area contributed by atoms with Crippen molar-refractivity contribution in [1.82, 2.24) is 4.90 Å². The second kappa shape index (κ2) is 7.27. The highest BCUT2D eigenvalue weighted by molar-refractivity contribution is 6.29. The van der Waals surface area contributed by atoms with Crippen LogP contribution in [0.2, 0.25) is 0 Å². The maximum Gasteiger partial charge on any atom is 0.178 e. The molecule has 0 N–H and O–H groups in total. The number of hydrogen-bond donors (Lipinski definition) is 0. The van der Waals surface area contributed by atoms with Gasteiger partial charge in [-0.2, -0.15) is 0 Å². The molecule has 23 heavy (non-hydrogen) atoms. The molecule has 0 aromatic heterocycles. The van der Waals surface area contributed by atoms with E-state index in [1.165, 1.54) is 0 Å². The van der Waals surface area contributed by atoms with Gasteiger partial charge < -0.3 is 4.74 Å². The standard InChI is InChI=1S/C18H19NO3.ClH/c1-18(8-4-5-9-19-10-12-22-13-11-19)16(20)14-6-2-3-7-15(14)17(18)21;/h2-3,6-7H,8-13H2,1H3;1H. The van der Waals surface area contributed by atoms with Gasteiger partial charge in [-0.05, 0) is 6.92 Å². The van der Waals surface area contributed by atoms with Crippen molar-refractivity contribution in [1.29, 1.82) is 0 Å². The molecule has 2 aliphatic rings. The predicted molar refractivity (Wildman–Crippen MR) is 90.1 cm³/mol. The van der Waals surface area contributed by atoms with Crippen LogP contribution in [0.1, 0.15) is 34.1 Å². The van der Waals surface area contributed by atoms with Crippen molar-refractivity contribution in [3.05, 3.63) is 35.4 Å². The Morgan fingerprint density at radius 3 is 2.22 bits per heavy atom. The number of rotatable bonds is 2. The Kier molecular flexibility index (Phi) is 5.59. The highest BCUT2D eigenvalue weighted by Crippen LogP contribution is 2.38. The quantitative estimate of drug-likeness (QED) is 0.615. The van der Waals surface area contributed by atoms with Gasteiger partial charge >= 0.3 is 0 Å². The Morgan fingerprint density at radius 2 is 1.65 bits per heavy atom. The van der Waals surface area contributed by atoms with E-state index < -0.39 is 5.41 Å². The zero-order valence-electron chi connectivity index (χ0n) is 13.1. The number of carbonyl (C=O) groups excluding carboxylic acids is 2. The van der Waals surface area contributed by atoms with Crippen LogP contribution in [0, 0.1) is 17.3 Å². The van der Waals surface area contributed by atoms with Gasteiger partial charge in [-0.1, -0.05) is 30.2 Å². The van der Waals surface area contributed by atoms with Crippen LogP contribution in [-0.2, 0) is 4.74 Å². The molecule has 0 atom stereocenters. The molecule has 1 aromatic rings. The first-order chi connectivity index (χ1) is 10.6. The second-order valence-electron chi connectivity index (χ2n) is 5.95. The fraction of sp³-hybridized carbons (Fsp3) is 0.444. The molecule has 0 amide bonds. The number of ketones is 2. The first-order valence-corrected chi connectivity index (χ1v) is 7.57. The van der Waals surface area contributed by atoms with Crippen molar-refractivity contribution in [3.8, 4) is 11.8 Å². The lowest BCUT2D eigenvalue weighted by atomic mass is 9.82. The molecule has 5 heteroatoms. The molecule has 0 bridgehead atoms. The van der Waals surface area contributed by atoms with Gasteiger partial charge in [0.05, 0.1) is 19.8 Å². The zero-order valence-corrected chi connectivity index (χ0v) is 13.9. The Bertz CT molecular complexity index is 633. The van der Waals surface area contributed by atoms with Crippen molar-refractivity contribution in [3.63, 3.8) is 0 Å². The topological polar surface area (TPSA) is 46.6 Å². The molecule has 0 saturated carbocycles. The summed E-state index contributed by atoms with van der Waals surface area (Å²) in [5, 5.41) is 0. The number of Topliss-reactive ketones (excluding diaryl/α,β-unsaturated/α-hetero) is 2. The SMILES string of the molecule is CC1(CC#CCN2CCOCC2)C(=O)c2ccccc2C1=O.Cl. The molecule has 1 aliphatic heterocycles. The summed E-state index contributed by atoms with van der Waals surface area (Å²) >= 11 is 0. The molecular formula is C18H20ClNO3. The highest BCUT2D eigenvalue weighted by atomic mass is 35.5. The Balaban J connectivity index is 0.00000192. The minimum atomic E-state index is -1.03. The summed E-state index contributed by atoms with van der Waals surface area (Å²) < 4.78 is 5.29. The van der Waals surface area contributed by atoms with Crippen LogP contribution >= 0.6 is 12.4 Å². The molecule has 1 fully saturated rings. The summed E-state index contributed by atoms with van der Waals surface area (Å²) in [6, 6.07) is 7.03. The maximum atomic E-state index is 12.5. The van der Waals surface area contributed by atoms with E-state index in [0.717, 1.165) is 26.3 Å². The van der Waals surface area contributed by atoms with Gasteiger partial charge in [-0.15, -0.1) is 18.3 Å². The van der Waals surface area contributed by atoms with Gasteiger partial charge in [-0.25, -0.2) is 0 Å². The number of benzene rings is 1. The average Bonchev–Trinajstić information content (AvgIpc) is 2.75. The third-order valence-corrected chi connectivity index (χ3v) is 4.39. The maximum absolute atomic E-state index is 12.5. The molecule has 4 nitrogen and oxygen atoms in total. The summed E-state index contributed by atoms with van der Waals surface area (Å²) in [5.74, 6) is 5.92. The van der Waals surface area contributed by atoms with E-state index in [1.807, 2.05) is 0 Å². The van der Waals surface area contributed by atoms with Crippen molar-refractivity contribution in [2.45, 2.75) is 13.3 Å². The number of ether oxygens (including phenoxy) is 1. The van der Waals surface area contributed by atoms with Gasteiger partial charge in [0.2, 0.25) is 0 Å². The van der Waals surface area contributed by atoms with Crippen molar-refractivity contribution < 1.29 is 14.3 Å². The number of halogens is 1. The molecule has 3 rings (SSSR count). The first-order valence-electron chi connectivity index (χ1n) is 7.57. The number of morpholine rings is 1. The van der Waals surface area contributed by atoms with E-state index in [0.29, 0.717) is 17.7 Å². The molecule has 1 heterocycles. The van der Waals surface area contributed by atoms with Gasteiger partial charge in [0.1, 0.15) is 5.41 Å². The largest absolute Gasteiger partial charge is 0.379 e. The minimum absolute atomic E-state index is 0. The van der Waals surface area contributed by atoms with Crippen molar-refractivity contribution in [2.75, 3.05) is 32.8 Å². The summed E-state index contributed by atoms with van der Waals surface area (Å²) in [6.45, 7) is 5.62. The number of nitrogens with zero attached hydrogens (tertiary/aromatic N) is 1. The summed E-state index contributed by atoms with van der Waals surface area (Å²) in [5.41, 5.74) is 0.0387. The number of hydrogen-bond acceptors (Lipinski definition) is 4. The Morgan fingerprint density at radius 1 is 1.09 bits per heavy atom. The number of fused-ring (bicyclic) bond motifs is 1. The van der Waals surface area contributed by atoms with Gasteiger partial charge in [0, 0.05) is 30.6 Å². The molecule has 0 unspecified atom stereocenters. The van der Waals surface area contributed by atoms with Crippen LogP contribution in [-0.4, -0.2) is 49.3 Å². The molecule has 0 spiro atoms. The van der Waals surface area contributed by atoms with E-state index in [9.17, 15) is 9.59 Å². The summed E-state index contributed by atoms with van der Waals surface area (Å²) in [6.07, 6.45) is 0.281. The van der Waals surface area contributed by atoms with E-state index >= 15 is 0 Å². The lowest BCUT2D eigenvalue weighted by molar-refractivity contribution is 0.0443. The number of carbonyl (C=O) groups is 2. The molecular weight excluding hydrogens is 314 g/mol. The minimum Gasteiger partial charge on any atom is -0.379 e. The third-order valence-electron chi connectivity index (χ3n) is 4.39. The molecule has 0 radical (unpaired) electrons. The summed E-state index contributed by atoms with van der Waals surface area (Å²) in [4.78, 5) is 27.2. The van der Waals surface area contributed by atoms with Crippen LogP contribution in [0.15, 0.2) is 24.3 Å². The van der Waals surface area contributed by atoms with E-state index in [2.05, 4.69) is 16.7 Å². The van der Waals surface area contributed by atoms with Gasteiger partial charge in [0.25, 0.3) is 0 Å². The lowest BCUT2D eigenvalue weighted by Crippen LogP contribution is -2.36. The van der Waals surface area contributed by atoms with Crippen LogP contribution in [0.25, 0.3) is 0 Å². The molecule has 1 saturated heterocycles. The highest BCUT2D eigenvalue weighted by Gasteiger charge is 2.48. The second-order valence-corrected chi connectivity index (χ2v) is 5.95. The Hall–Kier alpha value is -1.67. The predicted octanol–water partition coefficient (Wildman–Crippen LogP) is 2.22. The van der Waals surface area contributed by atoms with Gasteiger partial charge in [0.15, 0.2) is 11.6 Å². The van der Waals surface area contributed by atoms with Crippen LogP contribution in [0.3, 0.4) is 0 Å². The zero-order chi connectivity index (χ0) is 15.6.